The molecule has 9 heteroatoms. The van der Waals surface area contributed by atoms with Gasteiger partial charge in [-0.2, -0.15) is 24.9 Å². The number of aliphatic carboxylic acids is 1. The Balaban J connectivity index is 2.06. The second-order valence-corrected chi connectivity index (χ2v) is 6.49. The Morgan fingerprint density at radius 3 is 2.46 bits per heavy atom. The van der Waals surface area contributed by atoms with E-state index in [1.165, 1.54) is 11.8 Å². The van der Waals surface area contributed by atoms with Crippen molar-refractivity contribution in [2.45, 2.75) is 24.0 Å². The topological polar surface area (TPSA) is 62.2 Å². The molecule has 1 aromatic heterocycles. The van der Waals surface area contributed by atoms with E-state index in [0.29, 0.717) is 5.75 Å². The normalized spacial score (nSPS) is 14.0. The van der Waals surface area contributed by atoms with Crippen LogP contribution in [0.2, 0.25) is 0 Å². The summed E-state index contributed by atoms with van der Waals surface area (Å²) in [5.74, 6) is -1.71. The van der Waals surface area contributed by atoms with Crippen molar-refractivity contribution in [2.75, 3.05) is 5.75 Å². The number of rotatable bonds is 8. The van der Waals surface area contributed by atoms with Crippen LogP contribution in [0.25, 0.3) is 0 Å². The molecule has 2 rings (SSSR count). The molecule has 0 unspecified atom stereocenters. The number of nitrogens with zero attached hydrogens (tertiary/aromatic N) is 1. The zero-order chi connectivity index (χ0) is 19.2. The minimum Gasteiger partial charge on any atom is -0.480 e. The van der Waals surface area contributed by atoms with Gasteiger partial charge in [0, 0.05) is 23.9 Å². The lowest BCUT2D eigenvalue weighted by atomic mass is 10.1. The molecule has 140 valence electrons. The molecule has 26 heavy (non-hydrogen) atoms. The highest BCUT2D eigenvalue weighted by molar-refractivity contribution is 7.98. The molecule has 0 aliphatic rings. The van der Waals surface area contributed by atoms with Crippen molar-refractivity contribution in [1.29, 1.82) is 0 Å². The molecule has 0 amide bonds. The van der Waals surface area contributed by atoms with E-state index in [0.717, 1.165) is 29.8 Å². The van der Waals surface area contributed by atoms with Crippen molar-refractivity contribution >= 4 is 17.7 Å². The van der Waals surface area contributed by atoms with Crippen LogP contribution in [0.15, 0.2) is 48.8 Å². The lowest BCUT2D eigenvalue weighted by Gasteiger charge is -2.25. The van der Waals surface area contributed by atoms with Gasteiger partial charge in [0.05, 0.1) is 0 Å². The molecule has 0 aliphatic heterocycles. The maximum Gasteiger partial charge on any atom is 0.407 e. The third kappa shape index (κ3) is 5.99. The summed E-state index contributed by atoms with van der Waals surface area (Å²) in [6, 6.07) is 3.67. The van der Waals surface area contributed by atoms with Crippen molar-refractivity contribution in [3.8, 4) is 0 Å². The number of pyridine rings is 1. The zero-order valence-corrected chi connectivity index (χ0v) is 14.2. The van der Waals surface area contributed by atoms with Crippen LogP contribution >= 0.6 is 11.8 Å². The van der Waals surface area contributed by atoms with Crippen LogP contribution in [0.4, 0.5) is 17.6 Å². The lowest BCUT2D eigenvalue weighted by molar-refractivity contribution is -0.162. The number of carbonyl (C=O) groups is 1. The van der Waals surface area contributed by atoms with Gasteiger partial charge in [-0.25, -0.2) is 4.39 Å². The standard InChI is InChI=1S/C17H16F4N2O2S/c18-13-5-3-12(4-6-13)15(17(19,20)21)23-14(16(24)25)10-26-9-11-2-1-7-22-8-11/h1-8,14-15,23H,9-10H2,(H,24,25)/t14-,15-/m0/s1. The first-order valence-corrected chi connectivity index (χ1v) is 8.70. The Hall–Kier alpha value is -2.13. The Bertz CT molecular complexity index is 711. The van der Waals surface area contributed by atoms with Gasteiger partial charge in [-0.1, -0.05) is 18.2 Å². The van der Waals surface area contributed by atoms with Gasteiger partial charge in [-0.05, 0) is 29.3 Å². The number of hydrogen-bond acceptors (Lipinski definition) is 4. The molecule has 2 atom stereocenters. The summed E-state index contributed by atoms with van der Waals surface area (Å²) >= 11 is 1.18. The zero-order valence-electron chi connectivity index (χ0n) is 13.4. The fourth-order valence-corrected chi connectivity index (χ4v) is 3.20. The van der Waals surface area contributed by atoms with Crippen LogP contribution < -0.4 is 5.32 Å². The van der Waals surface area contributed by atoms with E-state index in [1.807, 2.05) is 0 Å². The SMILES string of the molecule is O=C(O)[C@H](CSCc1cccnc1)N[C@@H](c1ccc(F)cc1)C(F)(F)F. The Kier molecular flexibility index (Phi) is 6.98. The number of alkyl halides is 3. The second kappa shape index (κ2) is 9.00. The molecule has 0 saturated carbocycles. The van der Waals surface area contributed by atoms with Crippen LogP contribution in [-0.2, 0) is 10.5 Å². The quantitative estimate of drug-likeness (QED) is 0.674. The number of thioether (sulfide) groups is 1. The van der Waals surface area contributed by atoms with Crippen molar-refractivity contribution in [1.82, 2.24) is 10.3 Å². The number of halogens is 4. The Labute approximate surface area is 151 Å². The number of hydrogen-bond donors (Lipinski definition) is 2. The molecule has 1 aromatic carbocycles. The van der Waals surface area contributed by atoms with Crippen molar-refractivity contribution < 1.29 is 27.5 Å². The van der Waals surface area contributed by atoms with E-state index < -0.39 is 30.0 Å². The molecule has 4 nitrogen and oxygen atoms in total. The van der Waals surface area contributed by atoms with Gasteiger partial charge in [0.2, 0.25) is 0 Å². The molecule has 1 heterocycles. The highest BCUT2D eigenvalue weighted by Crippen LogP contribution is 2.33. The van der Waals surface area contributed by atoms with Gasteiger partial charge >= 0.3 is 12.1 Å². The molecule has 0 aliphatic carbocycles. The fourth-order valence-electron chi connectivity index (χ4n) is 2.20. The molecule has 2 aromatic rings. The number of nitrogens with one attached hydrogen (secondary N) is 1. The van der Waals surface area contributed by atoms with E-state index >= 15 is 0 Å². The molecule has 0 fully saturated rings. The average molecular weight is 388 g/mol. The van der Waals surface area contributed by atoms with Crippen LogP contribution in [-0.4, -0.2) is 34.0 Å². The smallest absolute Gasteiger partial charge is 0.407 e. The summed E-state index contributed by atoms with van der Waals surface area (Å²) in [6.07, 6.45) is -1.53. The van der Waals surface area contributed by atoms with E-state index in [4.69, 9.17) is 0 Å². The summed E-state index contributed by atoms with van der Waals surface area (Å²) < 4.78 is 53.0. The summed E-state index contributed by atoms with van der Waals surface area (Å²) in [4.78, 5) is 15.3. The van der Waals surface area contributed by atoms with Crippen molar-refractivity contribution in [2.24, 2.45) is 0 Å². The van der Waals surface area contributed by atoms with Gasteiger partial charge in [0.25, 0.3) is 0 Å². The predicted octanol–water partition coefficient (Wildman–Crippen LogP) is 3.80. The molecular weight excluding hydrogens is 372 g/mol. The number of carboxylic acids is 1. The summed E-state index contributed by atoms with van der Waals surface area (Å²) in [5.41, 5.74) is 0.593. The van der Waals surface area contributed by atoms with Crippen LogP contribution in [0.1, 0.15) is 17.2 Å². The minimum atomic E-state index is -4.72. The second-order valence-electron chi connectivity index (χ2n) is 5.46. The van der Waals surface area contributed by atoms with Crippen LogP contribution in [0, 0.1) is 5.82 Å². The molecule has 0 bridgehead atoms. The molecule has 2 N–H and O–H groups in total. The number of aromatic nitrogens is 1. The highest BCUT2D eigenvalue weighted by atomic mass is 32.2. The van der Waals surface area contributed by atoms with Gasteiger partial charge in [0.15, 0.2) is 0 Å². The Morgan fingerprint density at radius 1 is 1.23 bits per heavy atom. The van der Waals surface area contributed by atoms with E-state index in [2.05, 4.69) is 10.3 Å². The molecule has 0 spiro atoms. The maximum atomic E-state index is 13.4. The van der Waals surface area contributed by atoms with Gasteiger partial charge in [-0.3, -0.25) is 15.1 Å². The summed E-state index contributed by atoms with van der Waals surface area (Å²) in [7, 11) is 0. The van der Waals surface area contributed by atoms with Crippen LogP contribution in [0.3, 0.4) is 0 Å². The Morgan fingerprint density at radius 2 is 1.92 bits per heavy atom. The van der Waals surface area contributed by atoms with Gasteiger partial charge < -0.3 is 5.11 Å². The largest absolute Gasteiger partial charge is 0.480 e. The maximum absolute atomic E-state index is 13.4. The van der Waals surface area contributed by atoms with Gasteiger partial charge in [-0.15, -0.1) is 0 Å². The van der Waals surface area contributed by atoms with E-state index in [9.17, 15) is 27.5 Å². The third-order valence-corrected chi connectivity index (χ3v) is 4.58. The average Bonchev–Trinajstić information content (AvgIpc) is 2.58. The summed E-state index contributed by atoms with van der Waals surface area (Å²) in [5, 5.41) is 11.4. The molecular formula is C17H16F4N2O2S. The monoisotopic (exact) mass is 388 g/mol. The summed E-state index contributed by atoms with van der Waals surface area (Å²) in [6.45, 7) is 0. The highest BCUT2D eigenvalue weighted by Gasteiger charge is 2.42. The molecule has 0 saturated heterocycles. The first-order chi connectivity index (χ1) is 12.3. The molecule has 0 radical (unpaired) electrons. The minimum absolute atomic E-state index is 0.0714. The van der Waals surface area contributed by atoms with Crippen LogP contribution in [0.5, 0.6) is 0 Å². The van der Waals surface area contributed by atoms with Crippen molar-refractivity contribution in [3.05, 3.63) is 65.7 Å². The third-order valence-electron chi connectivity index (χ3n) is 3.47. The van der Waals surface area contributed by atoms with Gasteiger partial charge in [0.1, 0.15) is 17.9 Å². The predicted molar refractivity (Wildman–Crippen MR) is 90.2 cm³/mol. The van der Waals surface area contributed by atoms with E-state index in [1.54, 1.807) is 24.5 Å². The lowest BCUT2D eigenvalue weighted by Crippen LogP contribution is -2.46. The van der Waals surface area contributed by atoms with E-state index in [-0.39, 0.29) is 11.3 Å². The number of benzene rings is 1. The fraction of sp³-hybridized carbons (Fsp3) is 0.294. The first-order valence-electron chi connectivity index (χ1n) is 7.55. The first kappa shape index (κ1) is 20.2. The van der Waals surface area contributed by atoms with Crippen molar-refractivity contribution in [3.63, 3.8) is 0 Å². The number of carboxylic acid groups (broad SMARTS) is 1.